The van der Waals surface area contributed by atoms with Crippen molar-refractivity contribution in [1.29, 1.82) is 0 Å². The van der Waals surface area contributed by atoms with Gasteiger partial charge in [0.2, 0.25) is 23.6 Å². The van der Waals surface area contributed by atoms with Crippen LogP contribution >= 0.6 is 0 Å². The molecule has 0 saturated heterocycles. The maximum atomic E-state index is 13.0. The minimum Gasteiger partial charge on any atom is -0.480 e. The Balaban J connectivity index is 5.63. The van der Waals surface area contributed by atoms with Gasteiger partial charge in [0.05, 0.1) is 12.5 Å². The van der Waals surface area contributed by atoms with E-state index >= 15 is 0 Å². The van der Waals surface area contributed by atoms with Gasteiger partial charge in [-0.25, -0.2) is 4.79 Å². The average Bonchev–Trinajstić information content (AvgIpc) is 2.72. The zero-order chi connectivity index (χ0) is 27.3. The maximum Gasteiger partial charge on any atom is 0.326 e. The number of nitrogens with one attached hydrogen (secondary N) is 3. The molecule has 0 aromatic heterocycles. The summed E-state index contributed by atoms with van der Waals surface area (Å²) in [6, 6.07) is -5.22. The van der Waals surface area contributed by atoms with E-state index in [1.807, 2.05) is 0 Å². The molecular weight excluding hydrogens is 464 g/mol. The first-order chi connectivity index (χ1) is 16.1. The van der Waals surface area contributed by atoms with E-state index in [9.17, 15) is 34.2 Å². The molecule has 0 aliphatic carbocycles. The number of carboxylic acid groups (broad SMARTS) is 1. The molecule has 0 heterocycles. The molecule has 0 spiro atoms. The van der Waals surface area contributed by atoms with Crippen molar-refractivity contribution < 1.29 is 34.2 Å². The highest BCUT2D eigenvalue weighted by Crippen LogP contribution is 2.08. The molecule has 0 aliphatic rings. The number of aliphatic carboxylic acids is 1. The fourth-order valence-electron chi connectivity index (χ4n) is 2.91. The number of aliphatic hydroxyl groups excluding tert-OH is 1. The lowest BCUT2D eigenvalue weighted by molar-refractivity contribution is -0.144. The fraction of sp³-hybridized carbons (Fsp3) is 0.700. The number of carbonyl (C=O) groups is 5. The summed E-state index contributed by atoms with van der Waals surface area (Å²) in [5.41, 5.74) is 21.2. The molecule has 5 unspecified atom stereocenters. The molecule has 13 N–H and O–H groups in total. The standard InChI is InChI=1S/C20H38N8O7/c1-9(2)7-12(17(32)28-13(19(34)35)8-14(21)30)27-16(31)11(5-4-6-25-20(23)24)26-18(33)15(22)10(3)29/h9-13,15,29H,4-8,22H2,1-3H3,(H2,21,30)(H,26,33)(H,27,31)(H,28,32)(H,34,35)(H4,23,24,25). The number of hydrogen-bond acceptors (Lipinski definition) is 8. The van der Waals surface area contributed by atoms with Crippen LogP contribution in [0.15, 0.2) is 4.99 Å². The van der Waals surface area contributed by atoms with Gasteiger partial charge in [0.15, 0.2) is 5.96 Å². The Morgan fingerprint density at radius 3 is 1.83 bits per heavy atom. The van der Waals surface area contributed by atoms with Gasteiger partial charge < -0.3 is 49.1 Å². The first-order valence-corrected chi connectivity index (χ1v) is 11.1. The summed E-state index contributed by atoms with van der Waals surface area (Å²) in [7, 11) is 0. The number of hydrogen-bond donors (Lipinski definition) is 9. The van der Waals surface area contributed by atoms with Gasteiger partial charge in [-0.3, -0.25) is 24.2 Å². The molecule has 0 saturated carbocycles. The number of carboxylic acids is 1. The van der Waals surface area contributed by atoms with E-state index < -0.39 is 66.3 Å². The Morgan fingerprint density at radius 1 is 0.857 bits per heavy atom. The summed E-state index contributed by atoms with van der Waals surface area (Å²) >= 11 is 0. The number of nitrogens with zero attached hydrogens (tertiary/aromatic N) is 1. The fourth-order valence-corrected chi connectivity index (χ4v) is 2.91. The SMILES string of the molecule is CC(C)CC(NC(=O)C(CCCN=C(N)N)NC(=O)C(N)C(C)O)C(=O)NC(CC(N)=O)C(=O)O. The third-order valence-electron chi connectivity index (χ3n) is 4.76. The summed E-state index contributed by atoms with van der Waals surface area (Å²) < 4.78 is 0. The lowest BCUT2D eigenvalue weighted by atomic mass is 10.0. The van der Waals surface area contributed by atoms with Crippen molar-refractivity contribution in [2.45, 2.75) is 76.7 Å². The number of aliphatic hydroxyl groups is 1. The molecule has 0 fully saturated rings. The Hall–Kier alpha value is -3.46. The highest BCUT2D eigenvalue weighted by Gasteiger charge is 2.31. The van der Waals surface area contributed by atoms with Crippen LogP contribution in [-0.4, -0.2) is 82.6 Å². The van der Waals surface area contributed by atoms with Gasteiger partial charge in [-0.1, -0.05) is 13.8 Å². The molecule has 200 valence electrons. The van der Waals surface area contributed by atoms with Crippen molar-refractivity contribution in [3.63, 3.8) is 0 Å². The van der Waals surface area contributed by atoms with Crippen LogP contribution in [0.25, 0.3) is 0 Å². The van der Waals surface area contributed by atoms with Crippen LogP contribution in [0.1, 0.15) is 46.5 Å². The lowest BCUT2D eigenvalue weighted by Gasteiger charge is -2.26. The van der Waals surface area contributed by atoms with Crippen LogP contribution < -0.4 is 38.9 Å². The molecule has 0 aromatic rings. The van der Waals surface area contributed by atoms with E-state index in [-0.39, 0.29) is 37.7 Å². The van der Waals surface area contributed by atoms with Gasteiger partial charge in [-0.05, 0) is 32.1 Å². The minimum absolute atomic E-state index is 0.0658. The van der Waals surface area contributed by atoms with Gasteiger partial charge in [0.1, 0.15) is 24.2 Å². The van der Waals surface area contributed by atoms with Crippen LogP contribution in [0.3, 0.4) is 0 Å². The number of guanidine groups is 1. The zero-order valence-corrected chi connectivity index (χ0v) is 20.2. The van der Waals surface area contributed by atoms with Crippen molar-refractivity contribution >= 4 is 35.6 Å². The molecule has 0 bridgehead atoms. The first-order valence-electron chi connectivity index (χ1n) is 11.1. The molecule has 15 heteroatoms. The average molecular weight is 503 g/mol. The van der Waals surface area contributed by atoms with Crippen LogP contribution in [0.5, 0.6) is 0 Å². The van der Waals surface area contributed by atoms with Crippen molar-refractivity contribution in [2.75, 3.05) is 6.54 Å². The Labute approximate surface area is 203 Å². The molecule has 0 rings (SSSR count). The van der Waals surface area contributed by atoms with Crippen molar-refractivity contribution in [3.8, 4) is 0 Å². The molecule has 0 aromatic carbocycles. The third kappa shape index (κ3) is 13.1. The van der Waals surface area contributed by atoms with Gasteiger partial charge >= 0.3 is 5.97 Å². The molecule has 0 aliphatic heterocycles. The van der Waals surface area contributed by atoms with Gasteiger partial charge in [-0.15, -0.1) is 0 Å². The van der Waals surface area contributed by atoms with Crippen LogP contribution in [0.2, 0.25) is 0 Å². The topological polar surface area (TPSA) is 278 Å². The number of amides is 4. The van der Waals surface area contributed by atoms with Gasteiger partial charge in [0, 0.05) is 6.54 Å². The van der Waals surface area contributed by atoms with E-state index in [2.05, 4.69) is 20.9 Å². The lowest BCUT2D eigenvalue weighted by Crippen LogP contribution is -2.58. The highest BCUT2D eigenvalue weighted by atomic mass is 16.4. The summed E-state index contributed by atoms with van der Waals surface area (Å²) in [5.74, 6) is -5.02. The zero-order valence-electron chi connectivity index (χ0n) is 20.2. The first kappa shape index (κ1) is 31.5. The summed E-state index contributed by atoms with van der Waals surface area (Å²) in [5, 5.41) is 25.9. The summed E-state index contributed by atoms with van der Waals surface area (Å²) in [4.78, 5) is 64.4. The number of primary amides is 1. The van der Waals surface area contributed by atoms with Crippen molar-refractivity contribution in [2.24, 2.45) is 33.8 Å². The highest BCUT2D eigenvalue weighted by molar-refractivity contribution is 5.95. The normalized spacial score (nSPS) is 15.1. The third-order valence-corrected chi connectivity index (χ3v) is 4.76. The second-order valence-electron chi connectivity index (χ2n) is 8.54. The van der Waals surface area contributed by atoms with E-state index in [4.69, 9.17) is 22.9 Å². The molecule has 0 radical (unpaired) electrons. The van der Waals surface area contributed by atoms with Crippen molar-refractivity contribution in [3.05, 3.63) is 0 Å². The second-order valence-corrected chi connectivity index (χ2v) is 8.54. The van der Waals surface area contributed by atoms with Crippen LogP contribution in [-0.2, 0) is 24.0 Å². The maximum absolute atomic E-state index is 13.0. The van der Waals surface area contributed by atoms with Gasteiger partial charge in [-0.2, -0.15) is 0 Å². The Kier molecular flexibility index (Phi) is 13.9. The number of carbonyl (C=O) groups excluding carboxylic acids is 4. The minimum atomic E-state index is -1.58. The van der Waals surface area contributed by atoms with Crippen molar-refractivity contribution in [1.82, 2.24) is 16.0 Å². The predicted octanol–water partition coefficient (Wildman–Crippen LogP) is -3.79. The smallest absolute Gasteiger partial charge is 0.326 e. The molecule has 4 amide bonds. The van der Waals surface area contributed by atoms with E-state index in [1.165, 1.54) is 6.92 Å². The number of nitrogens with two attached hydrogens (primary N) is 4. The van der Waals surface area contributed by atoms with E-state index in [0.29, 0.717) is 0 Å². The second kappa shape index (κ2) is 15.4. The van der Waals surface area contributed by atoms with Crippen LogP contribution in [0, 0.1) is 5.92 Å². The molecular formula is C20H38N8O7. The summed E-state index contributed by atoms with van der Waals surface area (Å²) in [6.45, 7) is 5.03. The molecule has 15 nitrogen and oxygen atoms in total. The molecule has 35 heavy (non-hydrogen) atoms. The largest absolute Gasteiger partial charge is 0.480 e. The predicted molar refractivity (Wildman–Crippen MR) is 126 cm³/mol. The quantitative estimate of drug-likeness (QED) is 0.0563. The monoisotopic (exact) mass is 502 g/mol. The summed E-state index contributed by atoms with van der Waals surface area (Å²) in [6.07, 6.45) is -1.35. The van der Waals surface area contributed by atoms with Gasteiger partial charge in [0.25, 0.3) is 0 Å². The number of rotatable bonds is 16. The Morgan fingerprint density at radius 2 is 1.37 bits per heavy atom. The molecule has 5 atom stereocenters. The van der Waals surface area contributed by atoms with E-state index in [1.54, 1.807) is 13.8 Å². The van der Waals surface area contributed by atoms with Crippen LogP contribution in [0.4, 0.5) is 0 Å². The van der Waals surface area contributed by atoms with E-state index in [0.717, 1.165) is 0 Å². The number of aliphatic imine (C=N–C) groups is 1. The Bertz CT molecular complexity index is 783.